The van der Waals surface area contributed by atoms with Crippen molar-refractivity contribution >= 4 is 52.3 Å². The Balaban J connectivity index is 1.54. The van der Waals surface area contributed by atoms with Crippen LogP contribution in [-0.4, -0.2) is 100 Å². The minimum Gasteiger partial charge on any atom is -0.480 e. The smallest absolute Gasteiger partial charge is 0.326 e. The fourth-order valence-corrected chi connectivity index (χ4v) is 7.85. The summed E-state index contributed by atoms with van der Waals surface area (Å²) in [6, 6.07) is 17.7. The number of hydrogen-bond acceptors (Lipinski definition) is 9. The number of amides is 6. The Labute approximate surface area is 399 Å². The molecule has 0 radical (unpaired) electrons. The molecule has 17 heteroatoms. The number of para-hydroxylation sites is 1. The molecule has 3 aromatic carbocycles. The lowest BCUT2D eigenvalue weighted by molar-refractivity contribution is -0.143. The van der Waals surface area contributed by atoms with Gasteiger partial charge in [0.25, 0.3) is 0 Å². The van der Waals surface area contributed by atoms with E-state index in [-0.39, 0.29) is 38.0 Å². The van der Waals surface area contributed by atoms with Crippen LogP contribution in [0.2, 0.25) is 0 Å². The Morgan fingerprint density at radius 1 is 0.544 bits per heavy atom. The second kappa shape index (κ2) is 26.7. The van der Waals surface area contributed by atoms with Crippen LogP contribution in [0, 0.1) is 17.8 Å². The summed E-state index contributed by atoms with van der Waals surface area (Å²) >= 11 is 0. The Bertz CT molecular complexity index is 2280. The molecular weight excluding hydrogens is 867 g/mol. The summed E-state index contributed by atoms with van der Waals surface area (Å²) < 4.78 is 0. The number of aromatic nitrogens is 1. The van der Waals surface area contributed by atoms with E-state index in [9.17, 15) is 38.7 Å². The molecule has 0 aliphatic rings. The minimum atomic E-state index is -1.23. The van der Waals surface area contributed by atoms with E-state index in [0.717, 1.165) is 22.0 Å². The molecule has 68 heavy (non-hydrogen) atoms. The van der Waals surface area contributed by atoms with Crippen LogP contribution in [0.3, 0.4) is 0 Å². The van der Waals surface area contributed by atoms with E-state index in [4.69, 9.17) is 11.5 Å². The molecule has 0 aliphatic carbocycles. The zero-order valence-corrected chi connectivity index (χ0v) is 40.1. The highest BCUT2D eigenvalue weighted by molar-refractivity contribution is 5.97. The number of fused-ring (bicyclic) bond motifs is 1. The maximum atomic E-state index is 14.4. The van der Waals surface area contributed by atoms with Crippen LogP contribution in [0.4, 0.5) is 0 Å². The maximum absolute atomic E-state index is 14.4. The first kappa shape index (κ1) is 54.0. The van der Waals surface area contributed by atoms with Gasteiger partial charge in [-0.15, -0.1) is 0 Å². The van der Waals surface area contributed by atoms with Gasteiger partial charge in [0.2, 0.25) is 35.4 Å². The normalized spacial score (nSPS) is 14.5. The number of carboxylic acid groups (broad SMARTS) is 1. The molecule has 0 spiro atoms. The lowest BCUT2D eigenvalue weighted by Gasteiger charge is -2.30. The number of aromatic amines is 1. The maximum Gasteiger partial charge on any atom is 0.326 e. The predicted molar refractivity (Wildman–Crippen MR) is 262 cm³/mol. The lowest BCUT2D eigenvalue weighted by atomic mass is 9.97. The van der Waals surface area contributed by atoms with Gasteiger partial charge < -0.3 is 53.5 Å². The Kier molecular flexibility index (Phi) is 21.2. The summed E-state index contributed by atoms with van der Waals surface area (Å²) in [5.41, 5.74) is 15.4. The number of carbonyl (C=O) groups is 7. The third-order valence-electron chi connectivity index (χ3n) is 11.7. The molecule has 0 unspecified atom stereocenters. The first-order valence-electron chi connectivity index (χ1n) is 23.5. The van der Waals surface area contributed by atoms with Gasteiger partial charge in [-0.2, -0.15) is 0 Å². The molecule has 0 fully saturated rings. The Morgan fingerprint density at radius 2 is 1.00 bits per heavy atom. The summed E-state index contributed by atoms with van der Waals surface area (Å²) in [4.78, 5) is 99.2. The molecule has 12 N–H and O–H groups in total. The number of rotatable bonds is 27. The number of carboxylic acids is 1. The molecule has 368 valence electrons. The highest BCUT2D eigenvalue weighted by Crippen LogP contribution is 2.19. The van der Waals surface area contributed by atoms with Gasteiger partial charge >= 0.3 is 5.97 Å². The zero-order valence-electron chi connectivity index (χ0n) is 40.1. The van der Waals surface area contributed by atoms with Crippen molar-refractivity contribution in [2.75, 3.05) is 6.54 Å². The van der Waals surface area contributed by atoms with Crippen LogP contribution >= 0.6 is 0 Å². The van der Waals surface area contributed by atoms with Crippen molar-refractivity contribution in [3.63, 3.8) is 0 Å². The summed E-state index contributed by atoms with van der Waals surface area (Å²) in [6.45, 7) is 10.9. The van der Waals surface area contributed by atoms with E-state index in [2.05, 4.69) is 36.9 Å². The van der Waals surface area contributed by atoms with E-state index in [0.29, 0.717) is 24.9 Å². The largest absolute Gasteiger partial charge is 0.480 e. The van der Waals surface area contributed by atoms with Crippen molar-refractivity contribution in [3.8, 4) is 0 Å². The lowest BCUT2D eigenvalue weighted by Crippen LogP contribution is -2.61. The fourth-order valence-electron chi connectivity index (χ4n) is 7.85. The number of unbranched alkanes of at least 4 members (excludes halogenated alkanes) is 1. The first-order valence-corrected chi connectivity index (χ1v) is 23.5. The third kappa shape index (κ3) is 16.6. The second-order valence-corrected chi connectivity index (χ2v) is 18.5. The van der Waals surface area contributed by atoms with Crippen molar-refractivity contribution in [2.24, 2.45) is 29.2 Å². The highest BCUT2D eigenvalue weighted by Gasteiger charge is 2.36. The third-order valence-corrected chi connectivity index (χ3v) is 11.7. The molecule has 0 saturated heterocycles. The molecule has 6 amide bonds. The van der Waals surface area contributed by atoms with Crippen LogP contribution in [0.15, 0.2) is 91.1 Å². The molecule has 4 aromatic rings. The molecule has 0 aliphatic heterocycles. The quantitative estimate of drug-likeness (QED) is 0.0391. The molecule has 1 aromatic heterocycles. The summed E-state index contributed by atoms with van der Waals surface area (Å²) in [5, 5.41) is 27.3. The van der Waals surface area contributed by atoms with Crippen LogP contribution in [0.1, 0.15) is 83.9 Å². The van der Waals surface area contributed by atoms with Gasteiger partial charge in [0.1, 0.15) is 36.3 Å². The molecule has 0 bridgehead atoms. The van der Waals surface area contributed by atoms with Gasteiger partial charge in [0, 0.05) is 29.9 Å². The van der Waals surface area contributed by atoms with Gasteiger partial charge in [-0.3, -0.25) is 28.8 Å². The number of carbonyl (C=O) groups excluding carboxylic acids is 6. The van der Waals surface area contributed by atoms with E-state index in [1.165, 1.54) is 0 Å². The van der Waals surface area contributed by atoms with Crippen molar-refractivity contribution < 1.29 is 38.7 Å². The SMILES string of the molecule is CC(C)C[C@@H](NC(=O)[C@@H](CCCCN)NC(=O)[C@H](NC(=O)[C@H](NC(=O)[C@@H](Cc1ccccc1)NC(=O)[C@@H](Cc1ccccc1)NC(=O)[C@H](N)Cc1c[nH]c2ccccc12)C(C)C)C(C)C)C(=O)O. The van der Waals surface area contributed by atoms with Crippen LogP contribution in [0.5, 0.6) is 0 Å². The standard InChI is InChI=1S/C51H71N9O8/c1-30(2)25-42(51(67)68)58-46(62)39(23-15-16-24-52)55-49(65)43(31(3)4)60-50(66)44(32(5)6)59-48(64)41(27-34-19-11-8-12-20-34)57-47(63)40(26-33-17-9-7-10-18-33)56-45(61)37(53)28-35-29-54-38-22-14-13-21-36(35)38/h7-14,17-22,29-32,37,39-44,54H,15-16,23-28,52-53H2,1-6H3,(H,55,65)(H,56,61)(H,57,63)(H,58,62)(H,59,64)(H,60,66)(H,67,68)/t37-,39-,40-,41-,42-,43-,44-/m1/s1. The first-order chi connectivity index (χ1) is 32.4. The topological polar surface area (TPSA) is 280 Å². The number of nitrogens with two attached hydrogens (primary N) is 2. The molecule has 4 rings (SSSR count). The fraction of sp³-hybridized carbons (Fsp3) is 0.471. The number of benzene rings is 3. The van der Waals surface area contributed by atoms with Crippen LogP contribution in [0.25, 0.3) is 10.9 Å². The van der Waals surface area contributed by atoms with Crippen LogP contribution < -0.4 is 43.4 Å². The van der Waals surface area contributed by atoms with Crippen molar-refractivity contribution in [1.29, 1.82) is 0 Å². The zero-order chi connectivity index (χ0) is 49.9. The predicted octanol–water partition coefficient (Wildman–Crippen LogP) is 3.00. The Morgan fingerprint density at radius 3 is 1.53 bits per heavy atom. The molecular formula is C51H71N9O8. The Hall–Kier alpha value is -6.59. The van der Waals surface area contributed by atoms with Gasteiger partial charge in [0.05, 0.1) is 6.04 Å². The number of H-pyrrole nitrogens is 1. The average Bonchev–Trinajstić information content (AvgIpc) is 3.71. The van der Waals surface area contributed by atoms with Crippen molar-refractivity contribution in [3.05, 3.63) is 108 Å². The second-order valence-electron chi connectivity index (χ2n) is 18.5. The molecule has 1 heterocycles. The number of hydrogen-bond donors (Lipinski definition) is 10. The highest BCUT2D eigenvalue weighted by atomic mass is 16.4. The van der Waals surface area contributed by atoms with Gasteiger partial charge in [-0.1, -0.05) is 120 Å². The van der Waals surface area contributed by atoms with E-state index >= 15 is 0 Å². The summed E-state index contributed by atoms with van der Waals surface area (Å²) in [5.74, 6) is -6.14. The summed E-state index contributed by atoms with van der Waals surface area (Å²) in [7, 11) is 0. The minimum absolute atomic E-state index is 0.0292. The number of nitrogens with one attached hydrogen (secondary N) is 7. The van der Waals surface area contributed by atoms with Crippen molar-refractivity contribution in [2.45, 2.75) is 129 Å². The van der Waals surface area contributed by atoms with E-state index in [1.807, 2.05) is 74.5 Å². The van der Waals surface area contributed by atoms with E-state index in [1.54, 1.807) is 58.2 Å². The summed E-state index contributed by atoms with van der Waals surface area (Å²) in [6.07, 6.45) is 3.50. The van der Waals surface area contributed by atoms with Gasteiger partial charge in [-0.05, 0) is 79.2 Å². The molecule has 0 saturated carbocycles. The van der Waals surface area contributed by atoms with Crippen LogP contribution in [-0.2, 0) is 52.8 Å². The molecule has 7 atom stereocenters. The van der Waals surface area contributed by atoms with Gasteiger partial charge in [0.15, 0.2) is 0 Å². The monoisotopic (exact) mass is 938 g/mol. The van der Waals surface area contributed by atoms with Gasteiger partial charge in [-0.25, -0.2) is 4.79 Å². The average molecular weight is 938 g/mol. The van der Waals surface area contributed by atoms with Crippen molar-refractivity contribution in [1.82, 2.24) is 36.9 Å². The van der Waals surface area contributed by atoms with E-state index < -0.39 is 95.5 Å². The number of aliphatic carboxylic acids is 1. The molecule has 17 nitrogen and oxygen atoms in total.